The Morgan fingerprint density at radius 1 is 0.696 bits per heavy atom. The molecule has 0 heterocycles. The summed E-state index contributed by atoms with van der Waals surface area (Å²) in [4.78, 5) is 0. The summed E-state index contributed by atoms with van der Waals surface area (Å²) < 4.78 is 94.1. The molecule has 0 spiro atoms. The van der Waals surface area contributed by atoms with Crippen molar-refractivity contribution in [2.75, 3.05) is 0 Å². The largest absolute Gasteiger partial charge is 0.573 e. The van der Waals surface area contributed by atoms with Crippen LogP contribution in [0.25, 0.3) is 11.1 Å². The number of ether oxygens (including phenoxy) is 2. The molecule has 0 unspecified atom stereocenters. The van der Waals surface area contributed by atoms with Gasteiger partial charge < -0.3 is 9.47 Å². The third-order valence-corrected chi connectivity index (χ3v) is 2.55. The van der Waals surface area contributed by atoms with Gasteiger partial charge >= 0.3 is 12.7 Å². The first kappa shape index (κ1) is 16.9. The van der Waals surface area contributed by atoms with Crippen LogP contribution < -0.4 is 9.47 Å². The molecule has 9 heteroatoms. The molecule has 0 amide bonds. The molecular formula is C14H7F7O2. The fourth-order valence-corrected chi connectivity index (χ4v) is 1.78. The lowest BCUT2D eigenvalue weighted by atomic mass is 10.0. The summed E-state index contributed by atoms with van der Waals surface area (Å²) in [6, 6.07) is 6.39. The normalized spacial score (nSPS) is 12.1. The Hall–Kier alpha value is -2.45. The molecular weight excluding hydrogens is 333 g/mol. The summed E-state index contributed by atoms with van der Waals surface area (Å²) in [6.45, 7) is 0. The average Bonchev–Trinajstić information content (AvgIpc) is 2.37. The lowest BCUT2D eigenvalue weighted by molar-refractivity contribution is -0.275. The van der Waals surface area contributed by atoms with E-state index in [1.54, 1.807) is 0 Å². The topological polar surface area (TPSA) is 18.5 Å². The fraction of sp³-hybridized carbons (Fsp3) is 0.143. The summed E-state index contributed by atoms with van der Waals surface area (Å²) in [5.41, 5.74) is -0.462. The van der Waals surface area contributed by atoms with Gasteiger partial charge in [0, 0.05) is 5.56 Å². The van der Waals surface area contributed by atoms with E-state index >= 15 is 0 Å². The Balaban J connectivity index is 2.38. The van der Waals surface area contributed by atoms with Crippen molar-refractivity contribution in [1.29, 1.82) is 0 Å². The predicted molar refractivity (Wildman–Crippen MR) is 65.2 cm³/mol. The maximum Gasteiger partial charge on any atom is 0.573 e. The van der Waals surface area contributed by atoms with Gasteiger partial charge in [-0.2, -0.15) is 0 Å². The summed E-state index contributed by atoms with van der Waals surface area (Å²) in [5.74, 6) is -2.25. The fourth-order valence-electron chi connectivity index (χ4n) is 1.78. The number of hydrogen-bond donors (Lipinski definition) is 0. The molecule has 23 heavy (non-hydrogen) atoms. The van der Waals surface area contributed by atoms with Gasteiger partial charge in [-0.3, -0.25) is 0 Å². The molecule has 0 aliphatic rings. The molecule has 124 valence electrons. The highest BCUT2D eigenvalue weighted by Gasteiger charge is 2.32. The van der Waals surface area contributed by atoms with Gasteiger partial charge in [-0.15, -0.1) is 26.3 Å². The summed E-state index contributed by atoms with van der Waals surface area (Å²) in [5, 5.41) is 0. The molecule has 0 saturated heterocycles. The van der Waals surface area contributed by atoms with E-state index in [1.807, 2.05) is 0 Å². The van der Waals surface area contributed by atoms with Gasteiger partial charge in [0.2, 0.25) is 0 Å². The first-order chi connectivity index (χ1) is 10.5. The Kier molecular flexibility index (Phi) is 4.39. The van der Waals surface area contributed by atoms with E-state index in [2.05, 4.69) is 9.47 Å². The van der Waals surface area contributed by atoms with Crippen molar-refractivity contribution < 1.29 is 40.2 Å². The highest BCUT2D eigenvalue weighted by atomic mass is 19.4. The zero-order chi connectivity index (χ0) is 17.3. The third-order valence-electron chi connectivity index (χ3n) is 2.55. The van der Waals surface area contributed by atoms with Crippen LogP contribution in [0.5, 0.6) is 11.5 Å². The van der Waals surface area contributed by atoms with Gasteiger partial charge in [-0.1, -0.05) is 12.1 Å². The summed E-state index contributed by atoms with van der Waals surface area (Å²) in [6.07, 6.45) is -9.92. The summed E-state index contributed by atoms with van der Waals surface area (Å²) >= 11 is 0. The molecule has 0 atom stereocenters. The molecule has 0 aliphatic heterocycles. The van der Waals surface area contributed by atoms with Crippen LogP contribution in [0.2, 0.25) is 0 Å². The molecule has 2 aromatic carbocycles. The monoisotopic (exact) mass is 340 g/mol. The molecule has 2 aromatic rings. The van der Waals surface area contributed by atoms with Crippen LogP contribution in [0, 0.1) is 5.82 Å². The minimum Gasteiger partial charge on any atom is -0.406 e. The molecule has 0 aromatic heterocycles. The van der Waals surface area contributed by atoms with Crippen molar-refractivity contribution in [2.45, 2.75) is 12.7 Å². The van der Waals surface area contributed by atoms with E-state index in [9.17, 15) is 30.7 Å². The van der Waals surface area contributed by atoms with Crippen molar-refractivity contribution >= 4 is 0 Å². The standard InChI is InChI=1S/C14H7F7O2/c15-12-5-4-10(23-14(19,20)21)7-11(12)8-2-1-3-9(6-8)22-13(16,17)18/h1-7H. The van der Waals surface area contributed by atoms with Crippen LogP contribution >= 0.6 is 0 Å². The van der Waals surface area contributed by atoms with E-state index in [0.29, 0.717) is 6.07 Å². The zero-order valence-electron chi connectivity index (χ0n) is 11.0. The smallest absolute Gasteiger partial charge is 0.406 e. The lowest BCUT2D eigenvalue weighted by Crippen LogP contribution is -2.17. The molecule has 2 rings (SSSR count). The van der Waals surface area contributed by atoms with E-state index in [4.69, 9.17) is 0 Å². The van der Waals surface area contributed by atoms with Gasteiger partial charge in [-0.05, 0) is 35.9 Å². The average molecular weight is 340 g/mol. The number of alkyl halides is 6. The second kappa shape index (κ2) is 5.98. The van der Waals surface area contributed by atoms with Gasteiger partial charge in [-0.25, -0.2) is 4.39 Å². The molecule has 0 fully saturated rings. The van der Waals surface area contributed by atoms with Crippen LogP contribution in [0.3, 0.4) is 0 Å². The van der Waals surface area contributed by atoms with Crippen molar-refractivity contribution in [3.05, 3.63) is 48.3 Å². The predicted octanol–water partition coefficient (Wildman–Crippen LogP) is 5.29. The molecule has 0 bridgehead atoms. The first-order valence-electron chi connectivity index (χ1n) is 5.95. The van der Waals surface area contributed by atoms with Crippen molar-refractivity contribution in [1.82, 2.24) is 0 Å². The van der Waals surface area contributed by atoms with Gasteiger partial charge in [0.25, 0.3) is 0 Å². The molecule has 0 radical (unpaired) electrons. The summed E-state index contributed by atoms with van der Waals surface area (Å²) in [7, 11) is 0. The highest BCUT2D eigenvalue weighted by molar-refractivity contribution is 5.67. The number of halogens is 7. The van der Waals surface area contributed by atoms with E-state index in [1.165, 1.54) is 6.07 Å². The second-order valence-electron chi connectivity index (χ2n) is 4.27. The first-order valence-corrected chi connectivity index (χ1v) is 5.95. The lowest BCUT2D eigenvalue weighted by Gasteiger charge is -2.12. The molecule has 0 N–H and O–H groups in total. The Morgan fingerprint density at radius 2 is 1.26 bits per heavy atom. The number of hydrogen-bond acceptors (Lipinski definition) is 2. The number of rotatable bonds is 3. The Morgan fingerprint density at radius 3 is 1.83 bits per heavy atom. The van der Waals surface area contributed by atoms with E-state index in [-0.39, 0.29) is 11.1 Å². The van der Waals surface area contributed by atoms with Crippen molar-refractivity contribution in [2.24, 2.45) is 0 Å². The SMILES string of the molecule is Fc1ccc(OC(F)(F)F)cc1-c1cccc(OC(F)(F)F)c1. The second-order valence-corrected chi connectivity index (χ2v) is 4.27. The molecule has 0 aliphatic carbocycles. The molecule has 2 nitrogen and oxygen atoms in total. The zero-order valence-corrected chi connectivity index (χ0v) is 11.0. The van der Waals surface area contributed by atoms with Crippen LogP contribution in [0.15, 0.2) is 42.5 Å². The van der Waals surface area contributed by atoms with Crippen LogP contribution in [0.4, 0.5) is 30.7 Å². The maximum absolute atomic E-state index is 13.8. The van der Waals surface area contributed by atoms with Crippen molar-refractivity contribution in [3.8, 4) is 22.6 Å². The van der Waals surface area contributed by atoms with Crippen LogP contribution in [0.1, 0.15) is 0 Å². The van der Waals surface area contributed by atoms with Gasteiger partial charge in [0.1, 0.15) is 17.3 Å². The van der Waals surface area contributed by atoms with E-state index < -0.39 is 30.0 Å². The quantitative estimate of drug-likeness (QED) is 0.707. The number of benzene rings is 2. The minimum atomic E-state index is -4.98. The van der Waals surface area contributed by atoms with Crippen molar-refractivity contribution in [3.63, 3.8) is 0 Å². The third kappa shape index (κ3) is 5.04. The maximum atomic E-state index is 13.8. The van der Waals surface area contributed by atoms with Gasteiger partial charge in [0.15, 0.2) is 0 Å². The van der Waals surface area contributed by atoms with Gasteiger partial charge in [0.05, 0.1) is 0 Å². The molecule has 0 saturated carbocycles. The van der Waals surface area contributed by atoms with Crippen LogP contribution in [-0.2, 0) is 0 Å². The van der Waals surface area contributed by atoms with E-state index in [0.717, 1.165) is 30.3 Å². The highest BCUT2D eigenvalue weighted by Crippen LogP contribution is 2.33. The Bertz CT molecular complexity index is 692. The Labute approximate surface area is 125 Å². The van der Waals surface area contributed by atoms with Crippen LogP contribution in [-0.4, -0.2) is 12.7 Å². The minimum absolute atomic E-state index is 0.100.